The van der Waals surface area contributed by atoms with Gasteiger partial charge in [0, 0.05) is 13.6 Å². The highest BCUT2D eigenvalue weighted by atomic mass is 32.2. The minimum Gasteiger partial charge on any atom is -0.390 e. The smallest absolute Gasteiger partial charge is 0.246 e. The topological polar surface area (TPSA) is 95.7 Å². The molecule has 0 spiro atoms. The molecule has 0 aliphatic heterocycles. The normalized spacial score (nSPS) is 27.4. The van der Waals surface area contributed by atoms with E-state index in [0.717, 1.165) is 4.31 Å². The first kappa shape index (κ1) is 15.4. The van der Waals surface area contributed by atoms with E-state index in [2.05, 4.69) is 5.10 Å². The lowest BCUT2D eigenvalue weighted by molar-refractivity contribution is 0.0195. The second-order valence-electron chi connectivity index (χ2n) is 5.13. The van der Waals surface area contributed by atoms with Gasteiger partial charge in [0.25, 0.3) is 0 Å². The largest absolute Gasteiger partial charge is 0.390 e. The summed E-state index contributed by atoms with van der Waals surface area (Å²) in [6, 6.07) is -0.598. The first-order valence-corrected chi connectivity index (χ1v) is 8.11. The standard InChI is InChI=1S/C12H21N3O4S/c1-4-15-8(2)11(7-13-15)20(18,19)14(3)9-5-6-10(16)12(9)17/h7,9-10,12,16-17H,4-6H2,1-3H3/t9-,10-,12-/m1/s1. The molecule has 1 saturated carbocycles. The van der Waals surface area contributed by atoms with Gasteiger partial charge >= 0.3 is 0 Å². The van der Waals surface area contributed by atoms with Crippen LogP contribution in [0.3, 0.4) is 0 Å². The van der Waals surface area contributed by atoms with Crippen LogP contribution in [0, 0.1) is 6.92 Å². The van der Waals surface area contributed by atoms with Crippen molar-refractivity contribution in [3.8, 4) is 0 Å². The molecule has 2 rings (SSSR count). The molecule has 0 amide bonds. The Morgan fingerprint density at radius 3 is 2.55 bits per heavy atom. The van der Waals surface area contributed by atoms with E-state index in [1.165, 1.54) is 13.2 Å². The van der Waals surface area contributed by atoms with Gasteiger partial charge in [0.2, 0.25) is 10.0 Å². The lowest BCUT2D eigenvalue weighted by atomic mass is 10.2. The number of hydrogen-bond donors (Lipinski definition) is 2. The number of likely N-dealkylation sites (N-methyl/N-ethyl adjacent to an activating group) is 1. The SMILES string of the molecule is CCn1ncc(S(=O)(=O)N(C)[C@@H]2CC[C@@H](O)[C@@H]2O)c1C. The molecule has 0 saturated heterocycles. The third kappa shape index (κ3) is 2.37. The number of rotatable bonds is 4. The van der Waals surface area contributed by atoms with E-state index in [9.17, 15) is 18.6 Å². The van der Waals surface area contributed by atoms with Crippen molar-refractivity contribution in [2.45, 2.75) is 56.4 Å². The van der Waals surface area contributed by atoms with Crippen molar-refractivity contribution in [2.75, 3.05) is 7.05 Å². The number of aryl methyl sites for hydroxylation is 1. The lowest BCUT2D eigenvalue weighted by Crippen LogP contribution is -2.44. The summed E-state index contributed by atoms with van der Waals surface area (Å²) in [5.41, 5.74) is 0.576. The zero-order valence-electron chi connectivity index (χ0n) is 11.9. The Hall–Kier alpha value is -0.960. The zero-order chi connectivity index (χ0) is 15.1. The number of hydrogen-bond acceptors (Lipinski definition) is 5. The van der Waals surface area contributed by atoms with Gasteiger partial charge in [0.15, 0.2) is 0 Å². The Kier molecular flexibility index (Phi) is 4.19. The van der Waals surface area contributed by atoms with Crippen LogP contribution in [0.15, 0.2) is 11.1 Å². The number of sulfonamides is 1. The van der Waals surface area contributed by atoms with Gasteiger partial charge in [-0.3, -0.25) is 4.68 Å². The summed E-state index contributed by atoms with van der Waals surface area (Å²) in [6.07, 6.45) is 0.272. The Bertz CT molecular complexity index is 584. The van der Waals surface area contributed by atoms with E-state index in [1.54, 1.807) is 11.6 Å². The quantitative estimate of drug-likeness (QED) is 0.797. The van der Waals surface area contributed by atoms with Crippen molar-refractivity contribution in [2.24, 2.45) is 0 Å². The fourth-order valence-electron chi connectivity index (χ4n) is 2.67. The fourth-order valence-corrected chi connectivity index (χ4v) is 4.23. The molecular formula is C12H21N3O4S. The average molecular weight is 303 g/mol. The minimum absolute atomic E-state index is 0.149. The summed E-state index contributed by atoms with van der Waals surface area (Å²) in [5.74, 6) is 0. The first-order valence-electron chi connectivity index (χ1n) is 6.67. The van der Waals surface area contributed by atoms with E-state index in [0.29, 0.717) is 25.1 Å². The van der Waals surface area contributed by atoms with Crippen LogP contribution in [0.2, 0.25) is 0 Å². The molecule has 7 nitrogen and oxygen atoms in total. The van der Waals surface area contributed by atoms with Gasteiger partial charge in [-0.15, -0.1) is 0 Å². The first-order chi connectivity index (χ1) is 9.30. The van der Waals surface area contributed by atoms with Crippen LogP contribution in [-0.2, 0) is 16.6 Å². The number of aliphatic hydroxyl groups is 2. The van der Waals surface area contributed by atoms with Crippen molar-refractivity contribution in [1.29, 1.82) is 0 Å². The van der Waals surface area contributed by atoms with Crippen LogP contribution in [-0.4, -0.2) is 58.0 Å². The number of aromatic nitrogens is 2. The Morgan fingerprint density at radius 1 is 1.45 bits per heavy atom. The minimum atomic E-state index is -3.72. The summed E-state index contributed by atoms with van der Waals surface area (Å²) in [5, 5.41) is 23.5. The van der Waals surface area contributed by atoms with Gasteiger partial charge in [0.05, 0.1) is 30.1 Å². The Labute approximate surface area is 118 Å². The molecule has 1 fully saturated rings. The highest BCUT2D eigenvalue weighted by Crippen LogP contribution is 2.29. The predicted octanol–water partition coefficient (Wildman–Crippen LogP) is -0.284. The second kappa shape index (κ2) is 5.44. The van der Waals surface area contributed by atoms with Crippen molar-refractivity contribution in [3.05, 3.63) is 11.9 Å². The van der Waals surface area contributed by atoms with Crippen molar-refractivity contribution in [1.82, 2.24) is 14.1 Å². The van der Waals surface area contributed by atoms with Crippen LogP contribution in [0.4, 0.5) is 0 Å². The molecular weight excluding hydrogens is 282 g/mol. The molecule has 0 unspecified atom stereocenters. The molecule has 114 valence electrons. The van der Waals surface area contributed by atoms with E-state index >= 15 is 0 Å². The maximum absolute atomic E-state index is 12.6. The molecule has 1 aliphatic carbocycles. The maximum atomic E-state index is 12.6. The molecule has 1 heterocycles. The maximum Gasteiger partial charge on any atom is 0.246 e. The molecule has 1 aliphatic rings. The van der Waals surface area contributed by atoms with E-state index in [-0.39, 0.29) is 4.90 Å². The van der Waals surface area contributed by atoms with E-state index < -0.39 is 28.3 Å². The highest BCUT2D eigenvalue weighted by molar-refractivity contribution is 7.89. The van der Waals surface area contributed by atoms with Crippen LogP contribution in [0.1, 0.15) is 25.5 Å². The molecule has 0 radical (unpaired) electrons. The van der Waals surface area contributed by atoms with Gasteiger partial charge < -0.3 is 10.2 Å². The van der Waals surface area contributed by atoms with E-state index in [4.69, 9.17) is 0 Å². The molecule has 0 bridgehead atoms. The molecule has 2 N–H and O–H groups in total. The fraction of sp³-hybridized carbons (Fsp3) is 0.750. The summed E-state index contributed by atoms with van der Waals surface area (Å²) < 4.78 is 28.0. The van der Waals surface area contributed by atoms with Gasteiger partial charge in [-0.1, -0.05) is 0 Å². The average Bonchev–Trinajstić information content (AvgIpc) is 2.93. The van der Waals surface area contributed by atoms with E-state index in [1.807, 2.05) is 6.92 Å². The Balaban J connectivity index is 2.32. The molecule has 0 aromatic carbocycles. The summed E-state index contributed by atoms with van der Waals surface area (Å²) >= 11 is 0. The van der Waals surface area contributed by atoms with Crippen LogP contribution in [0.25, 0.3) is 0 Å². The molecule has 3 atom stereocenters. The number of aliphatic hydroxyl groups excluding tert-OH is 2. The van der Waals surface area contributed by atoms with Gasteiger partial charge in [-0.25, -0.2) is 8.42 Å². The summed E-state index contributed by atoms with van der Waals surface area (Å²) in [7, 11) is -2.29. The van der Waals surface area contributed by atoms with Crippen LogP contribution < -0.4 is 0 Å². The predicted molar refractivity (Wildman–Crippen MR) is 72.6 cm³/mol. The second-order valence-corrected chi connectivity index (χ2v) is 7.10. The van der Waals surface area contributed by atoms with Crippen molar-refractivity contribution >= 4 is 10.0 Å². The van der Waals surface area contributed by atoms with Crippen LogP contribution >= 0.6 is 0 Å². The third-order valence-corrected chi connectivity index (χ3v) is 6.01. The number of nitrogens with zero attached hydrogens (tertiary/aromatic N) is 3. The van der Waals surface area contributed by atoms with Gasteiger partial charge in [-0.05, 0) is 26.7 Å². The summed E-state index contributed by atoms with van der Waals surface area (Å²) in [6.45, 7) is 4.18. The zero-order valence-corrected chi connectivity index (χ0v) is 12.7. The molecule has 1 aromatic heterocycles. The van der Waals surface area contributed by atoms with Crippen molar-refractivity contribution in [3.63, 3.8) is 0 Å². The molecule has 1 aromatic rings. The molecule has 20 heavy (non-hydrogen) atoms. The highest BCUT2D eigenvalue weighted by Gasteiger charge is 2.41. The van der Waals surface area contributed by atoms with Gasteiger partial charge in [0.1, 0.15) is 4.90 Å². The summed E-state index contributed by atoms with van der Waals surface area (Å²) in [4.78, 5) is 0.149. The Morgan fingerprint density at radius 2 is 2.10 bits per heavy atom. The third-order valence-electron chi connectivity index (χ3n) is 4.03. The van der Waals surface area contributed by atoms with Gasteiger partial charge in [-0.2, -0.15) is 9.40 Å². The monoisotopic (exact) mass is 303 g/mol. The molecule has 8 heteroatoms. The lowest BCUT2D eigenvalue weighted by Gasteiger charge is -2.26. The van der Waals surface area contributed by atoms with Crippen molar-refractivity contribution < 1.29 is 18.6 Å². The van der Waals surface area contributed by atoms with Crippen LogP contribution in [0.5, 0.6) is 0 Å².